The Balaban J connectivity index is 1.99. The molecule has 0 saturated heterocycles. The first-order chi connectivity index (χ1) is 8.72. The molecule has 0 fully saturated rings. The smallest absolute Gasteiger partial charge is 0.261 e. The van der Waals surface area contributed by atoms with Crippen LogP contribution in [0.1, 0.15) is 5.56 Å². The topological polar surface area (TPSA) is 57.8 Å². The van der Waals surface area contributed by atoms with Crippen molar-refractivity contribution >= 4 is 33.2 Å². The summed E-state index contributed by atoms with van der Waals surface area (Å²) < 4.78 is 0. The average molecular weight is 257 g/mol. The van der Waals surface area contributed by atoms with Gasteiger partial charge in [0.1, 0.15) is 4.83 Å². The minimum Gasteiger partial charge on any atom is -0.326 e. The molecule has 5 heteroatoms. The van der Waals surface area contributed by atoms with Crippen LogP contribution in [0.3, 0.4) is 0 Å². The Labute approximate surface area is 107 Å². The molecule has 0 aliphatic carbocycles. The highest BCUT2D eigenvalue weighted by Crippen LogP contribution is 2.18. The quantitative estimate of drug-likeness (QED) is 0.742. The van der Waals surface area contributed by atoms with E-state index in [1.807, 2.05) is 36.6 Å². The van der Waals surface area contributed by atoms with Gasteiger partial charge in [0.15, 0.2) is 0 Å². The number of H-pyrrole nitrogens is 1. The van der Waals surface area contributed by atoms with Crippen LogP contribution in [-0.2, 0) is 0 Å². The fourth-order valence-corrected chi connectivity index (χ4v) is 2.46. The molecule has 0 aliphatic heterocycles. The number of aryl methyl sites for hydroxylation is 1. The van der Waals surface area contributed by atoms with Crippen molar-refractivity contribution in [2.75, 3.05) is 5.32 Å². The fraction of sp³-hybridized carbons (Fsp3) is 0.0769. The maximum atomic E-state index is 11.8. The number of benzene rings is 1. The van der Waals surface area contributed by atoms with Gasteiger partial charge in [-0.3, -0.25) is 9.78 Å². The van der Waals surface area contributed by atoms with Gasteiger partial charge in [0.25, 0.3) is 5.56 Å². The van der Waals surface area contributed by atoms with Gasteiger partial charge in [0.05, 0.1) is 5.39 Å². The van der Waals surface area contributed by atoms with Crippen molar-refractivity contribution in [1.29, 1.82) is 0 Å². The molecule has 0 atom stereocenters. The minimum absolute atomic E-state index is 0.115. The van der Waals surface area contributed by atoms with Gasteiger partial charge in [0.2, 0.25) is 5.95 Å². The summed E-state index contributed by atoms with van der Waals surface area (Å²) in [5.74, 6) is 0.471. The van der Waals surface area contributed by atoms with E-state index in [0.717, 1.165) is 10.5 Å². The summed E-state index contributed by atoms with van der Waals surface area (Å²) in [5, 5.41) is 5.59. The normalized spacial score (nSPS) is 10.7. The van der Waals surface area contributed by atoms with Crippen molar-refractivity contribution < 1.29 is 0 Å². The van der Waals surface area contributed by atoms with E-state index in [4.69, 9.17) is 0 Å². The number of anilines is 2. The molecule has 2 N–H and O–H groups in total. The molecule has 0 saturated carbocycles. The van der Waals surface area contributed by atoms with Crippen LogP contribution in [0.15, 0.2) is 40.5 Å². The Hall–Kier alpha value is -2.14. The van der Waals surface area contributed by atoms with Crippen LogP contribution < -0.4 is 10.9 Å². The first-order valence-electron chi connectivity index (χ1n) is 5.53. The molecule has 3 rings (SSSR count). The van der Waals surface area contributed by atoms with Crippen molar-refractivity contribution in [3.8, 4) is 0 Å². The number of nitrogens with one attached hydrogen (secondary N) is 2. The maximum absolute atomic E-state index is 11.8. The number of aromatic amines is 1. The van der Waals surface area contributed by atoms with Gasteiger partial charge in [0, 0.05) is 5.69 Å². The molecule has 0 amide bonds. The van der Waals surface area contributed by atoms with E-state index in [2.05, 4.69) is 15.3 Å². The van der Waals surface area contributed by atoms with Crippen molar-refractivity contribution in [1.82, 2.24) is 9.97 Å². The monoisotopic (exact) mass is 257 g/mol. The van der Waals surface area contributed by atoms with E-state index in [9.17, 15) is 4.79 Å². The summed E-state index contributed by atoms with van der Waals surface area (Å²) in [5.41, 5.74) is 1.98. The SMILES string of the molecule is Cc1ccc(Nc2nc3sccc3c(=O)[nH]2)cc1. The highest BCUT2D eigenvalue weighted by Gasteiger charge is 2.04. The van der Waals surface area contributed by atoms with E-state index >= 15 is 0 Å². The number of nitrogens with zero attached hydrogens (tertiary/aromatic N) is 1. The summed E-state index contributed by atoms with van der Waals surface area (Å²) in [6, 6.07) is 9.69. The lowest BCUT2D eigenvalue weighted by molar-refractivity contribution is 1.18. The summed E-state index contributed by atoms with van der Waals surface area (Å²) in [6.07, 6.45) is 0. The van der Waals surface area contributed by atoms with Crippen molar-refractivity contribution in [3.05, 3.63) is 51.6 Å². The van der Waals surface area contributed by atoms with Gasteiger partial charge in [-0.25, -0.2) is 4.98 Å². The third kappa shape index (κ3) is 2.00. The van der Waals surface area contributed by atoms with Crippen LogP contribution in [-0.4, -0.2) is 9.97 Å². The second kappa shape index (κ2) is 4.27. The van der Waals surface area contributed by atoms with Gasteiger partial charge < -0.3 is 5.32 Å². The third-order valence-electron chi connectivity index (χ3n) is 2.65. The number of fused-ring (bicyclic) bond motifs is 1. The number of aromatic nitrogens is 2. The van der Waals surface area contributed by atoms with E-state index in [0.29, 0.717) is 11.3 Å². The van der Waals surface area contributed by atoms with Crippen LogP contribution in [0.2, 0.25) is 0 Å². The van der Waals surface area contributed by atoms with Crippen LogP contribution in [0.25, 0.3) is 10.2 Å². The van der Waals surface area contributed by atoms with Crippen LogP contribution in [0.4, 0.5) is 11.6 Å². The van der Waals surface area contributed by atoms with Crippen LogP contribution in [0, 0.1) is 6.92 Å². The zero-order valence-corrected chi connectivity index (χ0v) is 10.5. The van der Waals surface area contributed by atoms with Crippen molar-refractivity contribution in [2.45, 2.75) is 6.92 Å². The van der Waals surface area contributed by atoms with Gasteiger partial charge in [-0.1, -0.05) is 17.7 Å². The Bertz CT molecular complexity index is 743. The molecule has 1 aromatic carbocycles. The fourth-order valence-electron chi connectivity index (χ4n) is 1.70. The molecule has 0 aliphatic rings. The minimum atomic E-state index is -0.115. The van der Waals surface area contributed by atoms with Crippen LogP contribution >= 0.6 is 11.3 Å². The molecular formula is C13H11N3OS. The Morgan fingerprint density at radius 2 is 2.00 bits per heavy atom. The molecule has 2 heterocycles. The maximum Gasteiger partial charge on any atom is 0.261 e. The molecule has 90 valence electrons. The molecule has 4 nitrogen and oxygen atoms in total. The standard InChI is InChI=1S/C13H11N3OS/c1-8-2-4-9(5-3-8)14-13-15-11(17)10-6-7-18-12(10)16-13/h2-7H,1H3,(H2,14,15,16,17). The first kappa shape index (κ1) is 11.0. The summed E-state index contributed by atoms with van der Waals surface area (Å²) in [4.78, 5) is 19.6. The molecule has 0 bridgehead atoms. The van der Waals surface area contributed by atoms with Gasteiger partial charge in [-0.15, -0.1) is 11.3 Å². The largest absolute Gasteiger partial charge is 0.326 e. The lowest BCUT2D eigenvalue weighted by Crippen LogP contribution is -2.09. The zero-order chi connectivity index (χ0) is 12.5. The predicted molar refractivity (Wildman–Crippen MR) is 74.7 cm³/mol. The third-order valence-corrected chi connectivity index (χ3v) is 3.46. The summed E-state index contributed by atoms with van der Waals surface area (Å²) in [6.45, 7) is 2.03. The molecule has 3 aromatic rings. The Kier molecular flexibility index (Phi) is 2.60. The number of thiophene rings is 1. The molecule has 18 heavy (non-hydrogen) atoms. The number of rotatable bonds is 2. The molecule has 0 unspecified atom stereocenters. The van der Waals surface area contributed by atoms with Crippen molar-refractivity contribution in [2.24, 2.45) is 0 Å². The Morgan fingerprint density at radius 3 is 2.78 bits per heavy atom. The lowest BCUT2D eigenvalue weighted by atomic mass is 10.2. The number of hydrogen-bond donors (Lipinski definition) is 2. The highest BCUT2D eigenvalue weighted by molar-refractivity contribution is 7.16. The van der Waals surface area contributed by atoms with Crippen molar-refractivity contribution in [3.63, 3.8) is 0 Å². The summed E-state index contributed by atoms with van der Waals surface area (Å²) in [7, 11) is 0. The number of hydrogen-bond acceptors (Lipinski definition) is 4. The lowest BCUT2D eigenvalue weighted by Gasteiger charge is -2.05. The summed E-state index contributed by atoms with van der Waals surface area (Å²) >= 11 is 1.46. The van der Waals surface area contributed by atoms with E-state index in [-0.39, 0.29) is 5.56 Å². The van der Waals surface area contributed by atoms with Gasteiger partial charge >= 0.3 is 0 Å². The molecule has 0 spiro atoms. The average Bonchev–Trinajstić information content (AvgIpc) is 2.81. The van der Waals surface area contributed by atoms with E-state index < -0.39 is 0 Å². The predicted octanol–water partition coefficient (Wildman–Crippen LogP) is 3.04. The highest BCUT2D eigenvalue weighted by atomic mass is 32.1. The van der Waals surface area contributed by atoms with Crippen LogP contribution in [0.5, 0.6) is 0 Å². The van der Waals surface area contributed by atoms with Gasteiger partial charge in [-0.2, -0.15) is 0 Å². The second-order valence-electron chi connectivity index (χ2n) is 4.04. The second-order valence-corrected chi connectivity index (χ2v) is 4.94. The Morgan fingerprint density at radius 1 is 1.22 bits per heavy atom. The first-order valence-corrected chi connectivity index (χ1v) is 6.41. The molecule has 2 aromatic heterocycles. The van der Waals surface area contributed by atoms with E-state index in [1.54, 1.807) is 6.07 Å². The molecule has 0 radical (unpaired) electrons. The van der Waals surface area contributed by atoms with Gasteiger partial charge in [-0.05, 0) is 30.5 Å². The van der Waals surface area contributed by atoms with E-state index in [1.165, 1.54) is 16.9 Å². The zero-order valence-electron chi connectivity index (χ0n) is 9.73. The molecular weight excluding hydrogens is 246 g/mol.